The Balaban J connectivity index is 1.48. The highest BCUT2D eigenvalue weighted by atomic mass is 16.5. The van der Waals surface area contributed by atoms with Gasteiger partial charge in [0.25, 0.3) is 0 Å². The van der Waals surface area contributed by atoms with E-state index in [2.05, 4.69) is 40.7 Å². The third kappa shape index (κ3) is 3.77. The Hall–Kier alpha value is -0.300. The molecule has 8 atom stereocenters. The fourth-order valence-electron chi connectivity index (χ4n) is 8.85. The molecule has 0 radical (unpaired) electrons. The number of hydrogen-bond acceptors (Lipinski definition) is 1. The number of rotatable bonds is 6. The fraction of sp³-hybridized carbons (Fsp3) is 0.929. The zero-order valence-corrected chi connectivity index (χ0v) is 20.3. The summed E-state index contributed by atoms with van der Waals surface area (Å²) < 4.78 is 5.75. The molecule has 4 aliphatic rings. The van der Waals surface area contributed by atoms with E-state index in [1.54, 1.807) is 5.57 Å². The van der Waals surface area contributed by atoms with Gasteiger partial charge in [-0.3, -0.25) is 0 Å². The van der Waals surface area contributed by atoms with E-state index in [1.165, 1.54) is 70.6 Å². The van der Waals surface area contributed by atoms with E-state index < -0.39 is 0 Å². The maximum absolute atomic E-state index is 5.75. The van der Waals surface area contributed by atoms with E-state index in [4.69, 9.17) is 4.74 Å². The van der Waals surface area contributed by atoms with Crippen molar-refractivity contribution >= 4 is 0 Å². The molecule has 4 rings (SSSR count). The van der Waals surface area contributed by atoms with Crippen molar-refractivity contribution in [1.29, 1.82) is 0 Å². The normalized spacial score (nSPS) is 45.3. The van der Waals surface area contributed by atoms with Gasteiger partial charge in [0.05, 0.1) is 6.10 Å². The van der Waals surface area contributed by atoms with Crippen LogP contribution in [0.2, 0.25) is 0 Å². The van der Waals surface area contributed by atoms with Crippen LogP contribution in [0.25, 0.3) is 0 Å². The molecule has 0 aromatic rings. The minimum Gasteiger partial charge on any atom is -0.381 e. The predicted octanol–water partition coefficient (Wildman–Crippen LogP) is 8.04. The molecule has 0 aromatic heterocycles. The fourth-order valence-corrected chi connectivity index (χ4v) is 8.85. The van der Waals surface area contributed by atoms with Crippen molar-refractivity contribution in [1.82, 2.24) is 0 Å². The minimum absolute atomic E-state index is 0.472. The zero-order chi connectivity index (χ0) is 20.8. The molecule has 0 spiro atoms. The standard InChI is InChI=1S/C28H48O/c1-19(2)8-7-9-20(3)24-12-13-25-23-11-10-21-18-22(29-6)14-16-27(21,4)26(23)15-17-28(24,25)5/h10,19-20,22-26H,7-9,11-18H2,1-6H3/t20?,22-,23-,24+,25-,26-,27-,28+/m0/s1. The molecule has 3 fully saturated rings. The van der Waals surface area contributed by atoms with E-state index >= 15 is 0 Å². The maximum atomic E-state index is 5.75. The molecule has 4 aliphatic carbocycles. The minimum atomic E-state index is 0.472. The second-order valence-corrected chi connectivity index (χ2v) is 12.4. The van der Waals surface area contributed by atoms with Crippen LogP contribution in [0.4, 0.5) is 0 Å². The summed E-state index contributed by atoms with van der Waals surface area (Å²) in [5.41, 5.74) is 2.85. The van der Waals surface area contributed by atoms with Crippen molar-refractivity contribution in [3.8, 4) is 0 Å². The van der Waals surface area contributed by atoms with E-state index in [0.717, 1.165) is 35.5 Å². The van der Waals surface area contributed by atoms with Gasteiger partial charge in [0.2, 0.25) is 0 Å². The first-order valence-electron chi connectivity index (χ1n) is 13.0. The van der Waals surface area contributed by atoms with Gasteiger partial charge >= 0.3 is 0 Å². The first-order valence-corrected chi connectivity index (χ1v) is 13.0. The summed E-state index contributed by atoms with van der Waals surface area (Å²) in [7, 11) is 1.91. The van der Waals surface area contributed by atoms with Gasteiger partial charge in [-0.1, -0.05) is 65.5 Å². The number of fused-ring (bicyclic) bond motifs is 5. The molecule has 0 aliphatic heterocycles. The average Bonchev–Trinajstić information content (AvgIpc) is 3.04. The van der Waals surface area contributed by atoms with Crippen LogP contribution in [0.1, 0.15) is 105 Å². The van der Waals surface area contributed by atoms with Crippen molar-refractivity contribution in [2.24, 2.45) is 46.3 Å². The lowest BCUT2D eigenvalue weighted by Gasteiger charge is -2.58. The zero-order valence-electron chi connectivity index (χ0n) is 20.3. The van der Waals surface area contributed by atoms with Crippen molar-refractivity contribution < 1.29 is 4.74 Å². The van der Waals surface area contributed by atoms with Crippen LogP contribution in [0.5, 0.6) is 0 Å². The van der Waals surface area contributed by atoms with Gasteiger partial charge in [-0.25, -0.2) is 0 Å². The smallest absolute Gasteiger partial charge is 0.0608 e. The average molecular weight is 401 g/mol. The third-order valence-corrected chi connectivity index (χ3v) is 10.6. The van der Waals surface area contributed by atoms with Gasteiger partial charge in [0, 0.05) is 7.11 Å². The Bertz CT molecular complexity index is 605. The number of hydrogen-bond donors (Lipinski definition) is 0. The molecule has 0 bridgehead atoms. The van der Waals surface area contributed by atoms with Crippen molar-refractivity contribution in [3.05, 3.63) is 11.6 Å². The second-order valence-electron chi connectivity index (χ2n) is 12.4. The van der Waals surface area contributed by atoms with Gasteiger partial charge in [-0.15, -0.1) is 0 Å². The lowest BCUT2D eigenvalue weighted by molar-refractivity contribution is -0.0601. The van der Waals surface area contributed by atoms with E-state index in [9.17, 15) is 0 Å². The molecule has 0 aromatic carbocycles. The van der Waals surface area contributed by atoms with E-state index in [0.29, 0.717) is 16.9 Å². The van der Waals surface area contributed by atoms with Crippen molar-refractivity contribution in [3.63, 3.8) is 0 Å². The van der Waals surface area contributed by atoms with Gasteiger partial charge in [0.1, 0.15) is 0 Å². The Morgan fingerprint density at radius 2 is 1.79 bits per heavy atom. The van der Waals surface area contributed by atoms with Gasteiger partial charge in [-0.2, -0.15) is 0 Å². The van der Waals surface area contributed by atoms with Crippen LogP contribution >= 0.6 is 0 Å². The molecule has 29 heavy (non-hydrogen) atoms. The number of allylic oxidation sites excluding steroid dienone is 1. The molecule has 0 saturated heterocycles. The number of methoxy groups -OCH3 is 1. The molecule has 3 saturated carbocycles. The van der Waals surface area contributed by atoms with Gasteiger partial charge in [0.15, 0.2) is 0 Å². The van der Waals surface area contributed by atoms with Crippen LogP contribution in [0.15, 0.2) is 11.6 Å². The number of ether oxygens (including phenoxy) is 1. The summed E-state index contributed by atoms with van der Waals surface area (Å²) in [6.45, 7) is 12.7. The highest BCUT2D eigenvalue weighted by Gasteiger charge is 2.59. The van der Waals surface area contributed by atoms with Crippen molar-refractivity contribution in [2.45, 2.75) is 111 Å². The quantitative estimate of drug-likeness (QED) is 0.410. The third-order valence-electron chi connectivity index (χ3n) is 10.6. The van der Waals surface area contributed by atoms with Crippen LogP contribution in [-0.4, -0.2) is 13.2 Å². The van der Waals surface area contributed by atoms with Crippen LogP contribution in [0, 0.1) is 46.3 Å². The predicted molar refractivity (Wildman–Crippen MR) is 124 cm³/mol. The highest BCUT2D eigenvalue weighted by molar-refractivity contribution is 5.25. The summed E-state index contributed by atoms with van der Waals surface area (Å²) in [5.74, 6) is 5.63. The van der Waals surface area contributed by atoms with Crippen LogP contribution < -0.4 is 0 Å². The molecular formula is C28H48O. The maximum Gasteiger partial charge on any atom is 0.0608 e. The monoisotopic (exact) mass is 400 g/mol. The molecule has 1 nitrogen and oxygen atoms in total. The van der Waals surface area contributed by atoms with Gasteiger partial charge < -0.3 is 4.74 Å². The lowest BCUT2D eigenvalue weighted by atomic mass is 9.47. The highest BCUT2D eigenvalue weighted by Crippen LogP contribution is 2.67. The molecule has 0 heterocycles. The molecule has 0 N–H and O–H groups in total. The summed E-state index contributed by atoms with van der Waals surface area (Å²) in [6.07, 6.45) is 18.7. The Morgan fingerprint density at radius 1 is 1.00 bits per heavy atom. The molecular weight excluding hydrogens is 352 g/mol. The Morgan fingerprint density at radius 3 is 2.52 bits per heavy atom. The summed E-state index contributed by atoms with van der Waals surface area (Å²) >= 11 is 0. The summed E-state index contributed by atoms with van der Waals surface area (Å²) in [6, 6.07) is 0. The summed E-state index contributed by atoms with van der Waals surface area (Å²) in [5, 5.41) is 0. The molecule has 0 amide bonds. The largest absolute Gasteiger partial charge is 0.381 e. The lowest BCUT2D eigenvalue weighted by Crippen LogP contribution is -2.50. The van der Waals surface area contributed by atoms with Crippen LogP contribution in [-0.2, 0) is 4.74 Å². The topological polar surface area (TPSA) is 9.23 Å². The van der Waals surface area contributed by atoms with E-state index in [1.807, 2.05) is 7.11 Å². The summed E-state index contributed by atoms with van der Waals surface area (Å²) in [4.78, 5) is 0. The van der Waals surface area contributed by atoms with E-state index in [-0.39, 0.29) is 0 Å². The van der Waals surface area contributed by atoms with Crippen LogP contribution in [0.3, 0.4) is 0 Å². The molecule has 1 heteroatoms. The first-order chi connectivity index (χ1) is 13.8. The first kappa shape index (κ1) is 21.9. The molecule has 1 unspecified atom stereocenters. The Labute approximate surface area is 181 Å². The Kier molecular flexibility index (Phi) is 6.29. The SMILES string of the molecule is CO[C@H]1CC[C@@]2(C)C(=CC[C@H]3[C@@H]4CC[C@H](C(C)CCCC(C)C)[C@@]4(C)CC[C@@H]32)C1. The molecule has 166 valence electrons. The van der Waals surface area contributed by atoms with Gasteiger partial charge in [-0.05, 0) is 97.7 Å². The van der Waals surface area contributed by atoms with Crippen molar-refractivity contribution in [2.75, 3.05) is 7.11 Å². The second kappa shape index (κ2) is 8.33.